The molecule has 0 saturated carbocycles. The minimum absolute atomic E-state index is 0.222. The van der Waals surface area contributed by atoms with Crippen LogP contribution in [0.25, 0.3) is 10.8 Å². The Morgan fingerprint density at radius 1 is 0.824 bits per heavy atom. The Labute approximate surface area is 193 Å². The van der Waals surface area contributed by atoms with Crippen LogP contribution in [0.5, 0.6) is 0 Å². The van der Waals surface area contributed by atoms with E-state index in [1.54, 1.807) is 72.8 Å². The van der Waals surface area contributed by atoms with E-state index in [-0.39, 0.29) is 23.2 Å². The maximum Gasteiger partial charge on any atom is 0.312 e. The number of ether oxygens (including phenoxy) is 1. The van der Waals surface area contributed by atoms with Crippen molar-refractivity contribution in [2.75, 3.05) is 17.2 Å². The summed E-state index contributed by atoms with van der Waals surface area (Å²) in [5.41, 5.74) is 1.14. The largest absolute Gasteiger partial charge is 0.455 e. The van der Waals surface area contributed by atoms with Crippen molar-refractivity contribution in [1.29, 1.82) is 0 Å². The van der Waals surface area contributed by atoms with Crippen molar-refractivity contribution in [3.05, 3.63) is 100 Å². The highest BCUT2D eigenvalue weighted by atomic mass is 16.5. The number of para-hydroxylation sites is 2. The van der Waals surface area contributed by atoms with Gasteiger partial charge in [0, 0.05) is 11.1 Å². The molecule has 3 aromatic carbocycles. The Hall–Kier alpha value is -4.79. The van der Waals surface area contributed by atoms with E-state index in [9.17, 15) is 19.2 Å². The van der Waals surface area contributed by atoms with E-state index < -0.39 is 24.4 Å². The van der Waals surface area contributed by atoms with E-state index >= 15 is 0 Å². The molecule has 1 heterocycles. The van der Waals surface area contributed by atoms with Gasteiger partial charge in [-0.15, -0.1) is 0 Å². The fraction of sp³-hybridized carbons (Fsp3) is 0.0800. The molecule has 3 N–H and O–H groups in total. The summed E-state index contributed by atoms with van der Waals surface area (Å²) >= 11 is 0. The molecule has 9 heteroatoms. The van der Waals surface area contributed by atoms with Gasteiger partial charge in [0.1, 0.15) is 0 Å². The number of esters is 1. The van der Waals surface area contributed by atoms with Crippen molar-refractivity contribution in [3.8, 4) is 0 Å². The average Bonchev–Trinajstić information content (AvgIpc) is 2.85. The second kappa shape index (κ2) is 10.2. The summed E-state index contributed by atoms with van der Waals surface area (Å²) in [6.07, 6.45) is -0.222. The fourth-order valence-corrected chi connectivity index (χ4v) is 3.34. The number of anilines is 2. The number of nitrogens with one attached hydrogen (secondary N) is 3. The number of aromatic amines is 1. The SMILES string of the molecule is O=C(COC(=O)Cc1n[nH]c(=O)c2ccccc12)Nc1ccccc1C(=O)Nc1ccccc1. The van der Waals surface area contributed by atoms with Crippen molar-refractivity contribution >= 4 is 39.9 Å². The van der Waals surface area contributed by atoms with Crippen LogP contribution in [0, 0.1) is 0 Å². The van der Waals surface area contributed by atoms with Crippen molar-refractivity contribution < 1.29 is 19.1 Å². The summed E-state index contributed by atoms with van der Waals surface area (Å²) in [6, 6.07) is 22.2. The van der Waals surface area contributed by atoms with Crippen molar-refractivity contribution in [1.82, 2.24) is 10.2 Å². The lowest BCUT2D eigenvalue weighted by Crippen LogP contribution is -2.24. The number of benzene rings is 3. The molecule has 0 aliphatic heterocycles. The van der Waals surface area contributed by atoms with Crippen molar-refractivity contribution in [3.63, 3.8) is 0 Å². The van der Waals surface area contributed by atoms with Crippen molar-refractivity contribution in [2.45, 2.75) is 6.42 Å². The van der Waals surface area contributed by atoms with Gasteiger partial charge in [-0.2, -0.15) is 5.10 Å². The smallest absolute Gasteiger partial charge is 0.312 e. The van der Waals surface area contributed by atoms with Gasteiger partial charge in [0.05, 0.1) is 28.8 Å². The summed E-state index contributed by atoms with van der Waals surface area (Å²) in [7, 11) is 0. The van der Waals surface area contributed by atoms with E-state index in [2.05, 4.69) is 20.8 Å². The summed E-state index contributed by atoms with van der Waals surface area (Å²) < 4.78 is 5.07. The van der Waals surface area contributed by atoms with Crippen LogP contribution >= 0.6 is 0 Å². The van der Waals surface area contributed by atoms with E-state index in [0.717, 1.165) is 0 Å². The Morgan fingerprint density at radius 3 is 2.29 bits per heavy atom. The van der Waals surface area contributed by atoms with Crippen LogP contribution < -0.4 is 16.2 Å². The topological polar surface area (TPSA) is 130 Å². The highest BCUT2D eigenvalue weighted by Gasteiger charge is 2.16. The van der Waals surface area contributed by atoms with Crippen LogP contribution in [0.15, 0.2) is 83.7 Å². The molecule has 0 spiro atoms. The first kappa shape index (κ1) is 22.4. The van der Waals surface area contributed by atoms with Gasteiger partial charge in [-0.05, 0) is 30.3 Å². The Bertz CT molecular complexity index is 1420. The quantitative estimate of drug-likeness (QED) is 0.367. The highest BCUT2D eigenvalue weighted by molar-refractivity contribution is 6.10. The molecule has 34 heavy (non-hydrogen) atoms. The molecule has 9 nitrogen and oxygen atoms in total. The predicted octanol–water partition coefficient (Wildman–Crippen LogP) is 2.90. The molecule has 0 aliphatic carbocycles. The first-order valence-corrected chi connectivity index (χ1v) is 10.4. The van der Waals surface area contributed by atoms with E-state index in [1.807, 2.05) is 6.07 Å². The molecule has 0 aliphatic rings. The molecule has 170 valence electrons. The number of hydrogen-bond acceptors (Lipinski definition) is 6. The van der Waals surface area contributed by atoms with Crippen LogP contribution in [0.4, 0.5) is 11.4 Å². The van der Waals surface area contributed by atoms with E-state index in [4.69, 9.17) is 4.74 Å². The number of carbonyl (C=O) groups excluding carboxylic acids is 3. The zero-order chi connectivity index (χ0) is 23.9. The molecule has 4 aromatic rings. The highest BCUT2D eigenvalue weighted by Crippen LogP contribution is 2.18. The van der Waals surface area contributed by atoms with Crippen LogP contribution in [-0.4, -0.2) is 34.6 Å². The summed E-state index contributed by atoms with van der Waals surface area (Å²) in [4.78, 5) is 49.2. The second-order valence-corrected chi connectivity index (χ2v) is 7.30. The van der Waals surface area contributed by atoms with Gasteiger partial charge in [-0.1, -0.05) is 48.5 Å². The van der Waals surface area contributed by atoms with Gasteiger partial charge >= 0.3 is 5.97 Å². The second-order valence-electron chi connectivity index (χ2n) is 7.30. The van der Waals surface area contributed by atoms with E-state index in [1.165, 1.54) is 0 Å². The van der Waals surface area contributed by atoms with E-state index in [0.29, 0.717) is 22.2 Å². The van der Waals surface area contributed by atoms with Gasteiger partial charge in [-0.3, -0.25) is 19.2 Å². The third-order valence-corrected chi connectivity index (χ3v) is 4.93. The van der Waals surface area contributed by atoms with Gasteiger partial charge < -0.3 is 15.4 Å². The minimum Gasteiger partial charge on any atom is -0.455 e. The van der Waals surface area contributed by atoms with Crippen LogP contribution in [0.1, 0.15) is 16.1 Å². The fourth-order valence-electron chi connectivity index (χ4n) is 3.34. The summed E-state index contributed by atoms with van der Waals surface area (Å²) in [5.74, 6) is -1.68. The third kappa shape index (κ3) is 5.33. The maximum atomic E-state index is 12.6. The lowest BCUT2D eigenvalue weighted by molar-refractivity contribution is -0.146. The number of aromatic nitrogens is 2. The van der Waals surface area contributed by atoms with Crippen molar-refractivity contribution in [2.24, 2.45) is 0 Å². The normalized spacial score (nSPS) is 10.5. The average molecular weight is 456 g/mol. The van der Waals surface area contributed by atoms with Crippen LogP contribution in [0.3, 0.4) is 0 Å². The molecular formula is C25H20N4O5. The van der Waals surface area contributed by atoms with Gasteiger partial charge in [0.15, 0.2) is 6.61 Å². The standard InChI is InChI=1S/C25H20N4O5/c30-22(15-34-23(31)14-21-17-10-4-5-11-18(17)25(33)29-28-21)27-20-13-7-6-12-19(20)24(32)26-16-8-2-1-3-9-16/h1-13H,14-15H2,(H,26,32)(H,27,30)(H,29,33). The molecule has 0 radical (unpaired) electrons. The molecule has 0 saturated heterocycles. The number of amides is 2. The number of nitrogens with zero attached hydrogens (tertiary/aromatic N) is 1. The van der Waals surface area contributed by atoms with Crippen LogP contribution in [0.2, 0.25) is 0 Å². The third-order valence-electron chi connectivity index (χ3n) is 4.93. The van der Waals surface area contributed by atoms with Gasteiger partial charge in [0.2, 0.25) is 0 Å². The monoisotopic (exact) mass is 456 g/mol. The lowest BCUT2D eigenvalue weighted by Gasteiger charge is -2.12. The Morgan fingerprint density at radius 2 is 1.50 bits per heavy atom. The molecule has 1 aromatic heterocycles. The minimum atomic E-state index is -0.685. The number of rotatable bonds is 7. The first-order chi connectivity index (χ1) is 16.5. The first-order valence-electron chi connectivity index (χ1n) is 10.4. The molecular weight excluding hydrogens is 436 g/mol. The number of H-pyrrole nitrogens is 1. The van der Waals surface area contributed by atoms with Gasteiger partial charge in [-0.25, -0.2) is 5.10 Å². The summed E-state index contributed by atoms with van der Waals surface area (Å²) in [5, 5.41) is 12.6. The number of hydrogen-bond donors (Lipinski definition) is 3. The number of carbonyl (C=O) groups is 3. The molecule has 4 rings (SSSR count). The van der Waals surface area contributed by atoms with Gasteiger partial charge in [0.25, 0.3) is 17.4 Å². The molecule has 2 amide bonds. The molecule has 0 unspecified atom stereocenters. The molecule has 0 fully saturated rings. The predicted molar refractivity (Wildman–Crippen MR) is 126 cm³/mol. The molecule has 0 atom stereocenters. The number of fused-ring (bicyclic) bond motifs is 1. The lowest BCUT2D eigenvalue weighted by atomic mass is 10.1. The maximum absolute atomic E-state index is 12.6. The zero-order valence-electron chi connectivity index (χ0n) is 17.9. The van der Waals surface area contributed by atoms with Crippen LogP contribution in [-0.2, 0) is 20.7 Å². The summed E-state index contributed by atoms with van der Waals surface area (Å²) in [6.45, 7) is -0.547. The Balaban J connectivity index is 1.37. The molecule has 0 bridgehead atoms. The Kier molecular flexibility index (Phi) is 6.73. The zero-order valence-corrected chi connectivity index (χ0v) is 17.9.